The second kappa shape index (κ2) is 5.02. The molecule has 0 amide bonds. The molecule has 0 spiro atoms. The summed E-state index contributed by atoms with van der Waals surface area (Å²) >= 11 is 0. The molecular formula is H8F2N2O3Si. The summed E-state index contributed by atoms with van der Waals surface area (Å²) in [4.78, 5) is 7.16. The molecule has 8 N–H and O–H groups in total. The molecule has 0 unspecified atom stereocenters. The Morgan fingerprint density at radius 2 is 1.38 bits per heavy atom. The molecular weight excluding hydrogens is 142 g/mol. The van der Waals surface area contributed by atoms with Crippen LogP contribution in [0.1, 0.15) is 0 Å². The van der Waals surface area contributed by atoms with Crippen molar-refractivity contribution in [1.82, 2.24) is 12.3 Å². The minimum Gasteiger partial charge on any atom is -0.360 e. The minimum atomic E-state index is -5.58. The first kappa shape index (κ1) is 15.7. The van der Waals surface area contributed by atoms with Crippen LogP contribution in [0.25, 0.3) is 0 Å². The highest BCUT2D eigenvalue weighted by Gasteiger charge is 2.38. The smallest absolute Gasteiger partial charge is 0.360 e. The summed E-state index contributed by atoms with van der Waals surface area (Å²) in [6.07, 6.45) is 0. The van der Waals surface area contributed by atoms with Crippen LogP contribution >= 0.6 is 0 Å². The fourth-order valence-corrected chi connectivity index (χ4v) is 0. The Morgan fingerprint density at radius 3 is 1.38 bits per heavy atom. The summed E-state index contributed by atoms with van der Waals surface area (Å²) in [5.41, 5.74) is 0. The van der Waals surface area contributed by atoms with Crippen molar-refractivity contribution in [2.75, 3.05) is 0 Å². The molecule has 0 aliphatic rings. The number of halogens is 2. The molecule has 0 radical (unpaired) electrons. The molecule has 0 saturated carbocycles. The van der Waals surface area contributed by atoms with Crippen molar-refractivity contribution in [2.24, 2.45) is 0 Å². The average Bonchev–Trinajstić information content (AvgIpc) is 1.35. The SMILES string of the molecule is N.N.OO[Si](O)(F)F. The van der Waals surface area contributed by atoms with Gasteiger partial charge in [0.2, 0.25) is 0 Å². The van der Waals surface area contributed by atoms with Crippen molar-refractivity contribution in [3.05, 3.63) is 0 Å². The Morgan fingerprint density at radius 1 is 1.25 bits per heavy atom. The third-order valence-electron chi connectivity index (χ3n) is 0.110. The Bertz CT molecular complexity index is 45.0. The van der Waals surface area contributed by atoms with Crippen molar-refractivity contribution < 1.29 is 22.8 Å². The second-order valence-corrected chi connectivity index (χ2v) is 1.73. The highest BCUT2D eigenvalue weighted by Crippen LogP contribution is 1.98. The van der Waals surface area contributed by atoms with E-state index in [4.69, 9.17) is 10.1 Å². The monoisotopic (exact) mass is 150 g/mol. The van der Waals surface area contributed by atoms with E-state index in [1.165, 1.54) is 0 Å². The molecule has 8 heavy (non-hydrogen) atoms. The normalized spacial score (nSPS) is 9.00. The van der Waals surface area contributed by atoms with Gasteiger partial charge >= 0.3 is 9.23 Å². The first-order valence-electron chi connectivity index (χ1n) is 0.988. The van der Waals surface area contributed by atoms with Crippen molar-refractivity contribution in [3.8, 4) is 0 Å². The first-order valence-corrected chi connectivity index (χ1v) is 2.60. The van der Waals surface area contributed by atoms with Crippen molar-refractivity contribution in [2.45, 2.75) is 0 Å². The molecule has 0 aromatic heterocycles. The maximum Gasteiger partial charge on any atom is 0.786 e. The lowest BCUT2D eigenvalue weighted by Crippen LogP contribution is -2.24. The molecule has 0 fully saturated rings. The first-order chi connectivity index (χ1) is 2.56. The highest BCUT2D eigenvalue weighted by molar-refractivity contribution is 6.49. The molecule has 0 aromatic rings. The van der Waals surface area contributed by atoms with E-state index in [1.807, 2.05) is 0 Å². The Hall–Kier alpha value is -0.123. The molecule has 0 rings (SSSR count). The van der Waals surface area contributed by atoms with E-state index in [0.29, 0.717) is 0 Å². The lowest BCUT2D eigenvalue weighted by molar-refractivity contribution is -0.191. The van der Waals surface area contributed by atoms with Crippen LogP contribution in [0, 0.1) is 0 Å². The lowest BCUT2D eigenvalue weighted by atomic mass is 14.0. The van der Waals surface area contributed by atoms with Crippen LogP contribution in [0.4, 0.5) is 8.22 Å². The zero-order chi connectivity index (χ0) is 5.21. The number of rotatable bonds is 1. The Labute approximate surface area is 45.6 Å². The van der Waals surface area contributed by atoms with E-state index in [-0.39, 0.29) is 12.3 Å². The summed E-state index contributed by atoms with van der Waals surface area (Å²) in [5.74, 6) is 0. The molecule has 0 bridgehead atoms. The van der Waals surface area contributed by atoms with Gasteiger partial charge < -0.3 is 17.1 Å². The summed E-state index contributed by atoms with van der Waals surface area (Å²) in [6, 6.07) is 0. The summed E-state index contributed by atoms with van der Waals surface area (Å²) in [7, 11) is -5.58. The highest BCUT2D eigenvalue weighted by atomic mass is 28.5. The third kappa shape index (κ3) is 16.9. The van der Waals surface area contributed by atoms with Crippen molar-refractivity contribution in [3.63, 3.8) is 0 Å². The van der Waals surface area contributed by atoms with E-state index < -0.39 is 9.23 Å². The van der Waals surface area contributed by atoms with Gasteiger partial charge in [0.05, 0.1) is 0 Å². The molecule has 8 heteroatoms. The van der Waals surface area contributed by atoms with Crippen LogP contribution in [0.15, 0.2) is 0 Å². The van der Waals surface area contributed by atoms with Gasteiger partial charge in [0, 0.05) is 0 Å². The fraction of sp³-hybridized carbons (Fsp3) is 0. The Kier molecular flexibility index (Phi) is 9.83. The van der Waals surface area contributed by atoms with Gasteiger partial charge in [-0.3, -0.25) is 5.26 Å². The Balaban J connectivity index is -0.000000125. The van der Waals surface area contributed by atoms with Crippen LogP contribution in [-0.2, 0) is 4.58 Å². The summed E-state index contributed by atoms with van der Waals surface area (Å²) < 4.78 is 23.6. The van der Waals surface area contributed by atoms with E-state index in [0.717, 1.165) is 0 Å². The van der Waals surface area contributed by atoms with Crippen LogP contribution in [0.2, 0.25) is 0 Å². The molecule has 0 atom stereocenters. The van der Waals surface area contributed by atoms with Gasteiger partial charge in [-0.15, -0.1) is 0 Å². The number of hydrogen-bond donors (Lipinski definition) is 4. The van der Waals surface area contributed by atoms with E-state index in [9.17, 15) is 8.22 Å². The summed E-state index contributed by atoms with van der Waals surface area (Å²) in [5, 5.41) is 6.96. The molecule has 54 valence electrons. The molecule has 5 nitrogen and oxygen atoms in total. The topological polar surface area (TPSA) is 120 Å². The van der Waals surface area contributed by atoms with E-state index in [1.54, 1.807) is 0 Å². The van der Waals surface area contributed by atoms with Crippen molar-refractivity contribution >= 4 is 9.23 Å². The van der Waals surface area contributed by atoms with Gasteiger partial charge in [-0.1, -0.05) is 0 Å². The van der Waals surface area contributed by atoms with Crippen LogP contribution < -0.4 is 12.3 Å². The zero-order valence-electron chi connectivity index (χ0n) is 3.97. The van der Waals surface area contributed by atoms with Crippen LogP contribution in [-0.4, -0.2) is 19.3 Å². The predicted octanol–water partition coefficient (Wildman–Crippen LogP) is 0.167. The van der Waals surface area contributed by atoms with Gasteiger partial charge in [-0.2, -0.15) is 4.58 Å². The maximum absolute atomic E-state index is 10.7. The standard InChI is InChI=1S/F2H2O3Si.2H3N/c1-6(2,4)5-3;;/h3-4H;2*1H3. The fourth-order valence-electron chi connectivity index (χ4n) is 0. The quantitative estimate of drug-likeness (QED) is 0.184. The second-order valence-electron chi connectivity index (χ2n) is 0.577. The predicted molar refractivity (Wildman–Crippen MR) is 23.9 cm³/mol. The average molecular weight is 150 g/mol. The molecule has 0 heterocycles. The molecule has 0 aromatic carbocycles. The third-order valence-corrected chi connectivity index (χ3v) is 0.329. The van der Waals surface area contributed by atoms with E-state index in [2.05, 4.69) is 4.58 Å². The van der Waals surface area contributed by atoms with Gasteiger partial charge in [-0.05, 0) is 0 Å². The van der Waals surface area contributed by atoms with E-state index >= 15 is 0 Å². The summed E-state index contributed by atoms with van der Waals surface area (Å²) in [6.45, 7) is 0. The maximum atomic E-state index is 10.7. The lowest BCUT2D eigenvalue weighted by Gasteiger charge is -1.92. The molecule has 0 saturated heterocycles. The van der Waals surface area contributed by atoms with Crippen LogP contribution in [0.5, 0.6) is 0 Å². The number of hydrogen-bond acceptors (Lipinski definition) is 5. The van der Waals surface area contributed by atoms with Gasteiger partial charge in [0.25, 0.3) is 0 Å². The zero-order valence-corrected chi connectivity index (χ0v) is 4.97. The largest absolute Gasteiger partial charge is 0.786 e. The van der Waals surface area contributed by atoms with Crippen molar-refractivity contribution in [1.29, 1.82) is 0 Å². The van der Waals surface area contributed by atoms with Gasteiger partial charge in [0.1, 0.15) is 0 Å². The van der Waals surface area contributed by atoms with Crippen LogP contribution in [0.3, 0.4) is 0 Å². The van der Waals surface area contributed by atoms with Gasteiger partial charge in [-0.25, -0.2) is 8.22 Å². The van der Waals surface area contributed by atoms with Gasteiger partial charge in [0.15, 0.2) is 0 Å². The molecule has 0 aliphatic carbocycles. The minimum absolute atomic E-state index is 0. The molecule has 0 aliphatic heterocycles.